The fourth-order valence-electron chi connectivity index (χ4n) is 1.42. The van der Waals surface area contributed by atoms with Crippen LogP contribution in [0.3, 0.4) is 0 Å². The highest BCUT2D eigenvalue weighted by Crippen LogP contribution is 2.35. The van der Waals surface area contributed by atoms with Gasteiger partial charge in [0, 0.05) is 6.07 Å². The minimum Gasteiger partial charge on any atom is -0.497 e. The number of hydroxylamine groups is 1. The summed E-state index contributed by atoms with van der Waals surface area (Å²) in [5.74, 6) is 0.528. The number of hydrogen-bond donors (Lipinski definition) is 1. The summed E-state index contributed by atoms with van der Waals surface area (Å²) in [6.45, 7) is 1.58. The van der Waals surface area contributed by atoms with Crippen molar-refractivity contribution in [1.82, 2.24) is 0 Å². The third-order valence-corrected chi connectivity index (χ3v) is 2.25. The van der Waals surface area contributed by atoms with Crippen molar-refractivity contribution < 1.29 is 19.5 Å². The Balaban J connectivity index is 2.47. The fraction of sp³-hybridized carbons (Fsp3) is 0.300. The van der Waals surface area contributed by atoms with Crippen LogP contribution in [0.4, 0.5) is 5.69 Å². The van der Waals surface area contributed by atoms with E-state index in [2.05, 4.69) is 0 Å². The van der Waals surface area contributed by atoms with Crippen molar-refractivity contribution in [2.75, 3.05) is 12.2 Å². The Morgan fingerprint density at radius 3 is 2.93 bits per heavy atom. The molecular formula is C10H11NO4. The monoisotopic (exact) mass is 209 g/mol. The van der Waals surface area contributed by atoms with Gasteiger partial charge in [-0.3, -0.25) is 10.0 Å². The normalized spacial score (nSPS) is 19.5. The predicted octanol–water partition coefficient (Wildman–Crippen LogP) is 1.20. The van der Waals surface area contributed by atoms with Gasteiger partial charge in [0.15, 0.2) is 6.10 Å². The van der Waals surface area contributed by atoms with Gasteiger partial charge in [0.05, 0.1) is 7.11 Å². The SMILES string of the molecule is COc1ccc2c(c1)N(O)C(=O)C(C)O2. The van der Waals surface area contributed by atoms with E-state index >= 15 is 0 Å². The molecule has 15 heavy (non-hydrogen) atoms. The molecule has 1 amide bonds. The van der Waals surface area contributed by atoms with Gasteiger partial charge in [-0.1, -0.05) is 0 Å². The van der Waals surface area contributed by atoms with Crippen molar-refractivity contribution in [3.63, 3.8) is 0 Å². The maximum atomic E-state index is 11.4. The lowest BCUT2D eigenvalue weighted by Crippen LogP contribution is -2.42. The van der Waals surface area contributed by atoms with Crippen LogP contribution in [0.25, 0.3) is 0 Å². The minimum atomic E-state index is -0.670. The topological polar surface area (TPSA) is 59.0 Å². The summed E-state index contributed by atoms with van der Waals surface area (Å²) in [6.07, 6.45) is -0.670. The minimum absolute atomic E-state index is 0.303. The fourth-order valence-corrected chi connectivity index (χ4v) is 1.42. The molecule has 1 aromatic rings. The standard InChI is InChI=1S/C10H11NO4/c1-6-10(12)11(13)8-5-7(14-2)3-4-9(8)15-6/h3-6,13H,1-2H3. The van der Waals surface area contributed by atoms with E-state index in [0.29, 0.717) is 22.2 Å². The quantitative estimate of drug-likeness (QED) is 0.706. The van der Waals surface area contributed by atoms with Gasteiger partial charge in [0.1, 0.15) is 17.2 Å². The first-order valence-electron chi connectivity index (χ1n) is 4.51. The second-order valence-electron chi connectivity index (χ2n) is 3.24. The maximum Gasteiger partial charge on any atom is 0.291 e. The van der Waals surface area contributed by atoms with Crippen LogP contribution >= 0.6 is 0 Å². The number of carbonyl (C=O) groups is 1. The lowest BCUT2D eigenvalue weighted by atomic mass is 10.2. The molecule has 0 spiro atoms. The average Bonchev–Trinajstić information content (AvgIpc) is 2.26. The van der Waals surface area contributed by atoms with E-state index in [9.17, 15) is 10.0 Å². The molecule has 0 saturated carbocycles. The summed E-state index contributed by atoms with van der Waals surface area (Å²) < 4.78 is 10.3. The molecule has 0 saturated heterocycles. The van der Waals surface area contributed by atoms with Crippen molar-refractivity contribution in [2.24, 2.45) is 0 Å². The predicted molar refractivity (Wildman–Crippen MR) is 52.4 cm³/mol. The zero-order chi connectivity index (χ0) is 11.0. The van der Waals surface area contributed by atoms with Crippen LogP contribution in [-0.4, -0.2) is 24.3 Å². The number of rotatable bonds is 1. The largest absolute Gasteiger partial charge is 0.497 e. The summed E-state index contributed by atoms with van der Waals surface area (Å²) in [7, 11) is 1.51. The Labute approximate surface area is 86.8 Å². The van der Waals surface area contributed by atoms with E-state index in [-0.39, 0.29) is 0 Å². The van der Waals surface area contributed by atoms with Gasteiger partial charge in [-0.05, 0) is 19.1 Å². The van der Waals surface area contributed by atoms with Crippen LogP contribution in [0.5, 0.6) is 11.5 Å². The number of nitrogens with zero attached hydrogens (tertiary/aromatic N) is 1. The third-order valence-electron chi connectivity index (χ3n) is 2.25. The highest BCUT2D eigenvalue weighted by atomic mass is 16.6. The lowest BCUT2D eigenvalue weighted by Gasteiger charge is -2.28. The van der Waals surface area contributed by atoms with Gasteiger partial charge < -0.3 is 9.47 Å². The van der Waals surface area contributed by atoms with E-state index < -0.39 is 12.0 Å². The first-order chi connectivity index (χ1) is 7.13. The Hall–Kier alpha value is -1.75. The van der Waals surface area contributed by atoms with Crippen LogP contribution in [0.2, 0.25) is 0 Å². The first-order valence-corrected chi connectivity index (χ1v) is 4.51. The molecular weight excluding hydrogens is 198 g/mol. The summed E-state index contributed by atoms with van der Waals surface area (Å²) in [6, 6.07) is 4.90. The highest BCUT2D eigenvalue weighted by molar-refractivity contribution is 5.97. The molecule has 0 aliphatic carbocycles. The number of amides is 1. The Kier molecular flexibility index (Phi) is 2.24. The Morgan fingerprint density at radius 1 is 1.53 bits per heavy atom. The van der Waals surface area contributed by atoms with E-state index in [0.717, 1.165) is 0 Å². The molecule has 1 aromatic carbocycles. The summed E-state index contributed by atoms with van der Waals surface area (Å²) in [4.78, 5) is 11.4. The molecule has 0 aromatic heterocycles. The van der Waals surface area contributed by atoms with E-state index in [4.69, 9.17) is 9.47 Å². The molecule has 5 nitrogen and oxygen atoms in total. The van der Waals surface area contributed by atoms with E-state index in [1.807, 2.05) is 0 Å². The number of ether oxygens (including phenoxy) is 2. The van der Waals surface area contributed by atoms with Gasteiger partial charge in [0.25, 0.3) is 5.91 Å². The number of hydrogen-bond acceptors (Lipinski definition) is 4. The van der Waals surface area contributed by atoms with Crippen molar-refractivity contribution in [3.8, 4) is 11.5 Å². The van der Waals surface area contributed by atoms with Gasteiger partial charge in [-0.25, -0.2) is 0 Å². The molecule has 0 radical (unpaired) electrons. The van der Waals surface area contributed by atoms with Crippen LogP contribution in [-0.2, 0) is 4.79 Å². The maximum absolute atomic E-state index is 11.4. The molecule has 5 heteroatoms. The van der Waals surface area contributed by atoms with Crippen LogP contribution in [0.1, 0.15) is 6.92 Å². The molecule has 1 aliphatic rings. The number of fused-ring (bicyclic) bond motifs is 1. The number of carbonyl (C=O) groups excluding carboxylic acids is 1. The van der Waals surface area contributed by atoms with Crippen LogP contribution < -0.4 is 14.5 Å². The van der Waals surface area contributed by atoms with Crippen LogP contribution in [0.15, 0.2) is 18.2 Å². The average molecular weight is 209 g/mol. The molecule has 0 fully saturated rings. The summed E-state index contributed by atoms with van der Waals surface area (Å²) in [5, 5.41) is 10.2. The van der Waals surface area contributed by atoms with Crippen molar-refractivity contribution >= 4 is 11.6 Å². The second kappa shape index (κ2) is 3.43. The molecule has 0 bridgehead atoms. The smallest absolute Gasteiger partial charge is 0.291 e. The van der Waals surface area contributed by atoms with Crippen molar-refractivity contribution in [3.05, 3.63) is 18.2 Å². The molecule has 1 aliphatic heterocycles. The Morgan fingerprint density at radius 2 is 2.27 bits per heavy atom. The number of benzene rings is 1. The zero-order valence-electron chi connectivity index (χ0n) is 8.43. The van der Waals surface area contributed by atoms with E-state index in [1.165, 1.54) is 7.11 Å². The molecule has 1 heterocycles. The number of methoxy groups -OCH3 is 1. The number of anilines is 1. The van der Waals surface area contributed by atoms with Gasteiger partial charge >= 0.3 is 0 Å². The van der Waals surface area contributed by atoms with Gasteiger partial charge in [-0.15, -0.1) is 0 Å². The molecule has 2 rings (SSSR count). The Bertz CT molecular complexity index is 404. The summed E-state index contributed by atoms with van der Waals surface area (Å²) in [5.41, 5.74) is 0.303. The molecule has 80 valence electrons. The highest BCUT2D eigenvalue weighted by Gasteiger charge is 2.30. The summed E-state index contributed by atoms with van der Waals surface area (Å²) >= 11 is 0. The molecule has 1 unspecified atom stereocenters. The van der Waals surface area contributed by atoms with Crippen molar-refractivity contribution in [1.29, 1.82) is 0 Å². The van der Waals surface area contributed by atoms with Crippen LogP contribution in [0, 0.1) is 0 Å². The zero-order valence-corrected chi connectivity index (χ0v) is 8.43. The van der Waals surface area contributed by atoms with Crippen molar-refractivity contribution in [2.45, 2.75) is 13.0 Å². The molecule has 1 N–H and O–H groups in total. The lowest BCUT2D eigenvalue weighted by molar-refractivity contribution is -0.131. The van der Waals surface area contributed by atoms with Gasteiger partial charge in [0.2, 0.25) is 0 Å². The third kappa shape index (κ3) is 1.50. The second-order valence-corrected chi connectivity index (χ2v) is 3.24. The first kappa shape index (κ1) is 9.79. The van der Waals surface area contributed by atoms with Gasteiger partial charge in [-0.2, -0.15) is 5.06 Å². The van der Waals surface area contributed by atoms with E-state index in [1.54, 1.807) is 25.1 Å². The molecule has 1 atom stereocenters.